The zero-order valence-corrected chi connectivity index (χ0v) is 12.6. The van der Waals surface area contributed by atoms with Crippen LogP contribution in [0, 0.1) is 0 Å². The second kappa shape index (κ2) is 4.47. The fraction of sp³-hybridized carbons (Fsp3) is 0. The highest BCUT2D eigenvalue weighted by atomic mass is 14.5. The van der Waals surface area contributed by atoms with Crippen LogP contribution in [-0.2, 0) is 0 Å². The molecule has 5 aromatic rings. The van der Waals surface area contributed by atoms with E-state index >= 15 is 0 Å². The van der Waals surface area contributed by atoms with Crippen molar-refractivity contribution < 1.29 is 0 Å². The van der Waals surface area contributed by atoms with Crippen molar-refractivity contribution in [3.05, 3.63) is 78.9 Å². The van der Waals surface area contributed by atoms with Gasteiger partial charge in [0.1, 0.15) is 0 Å². The molecule has 0 unspecified atom stereocenters. The van der Waals surface area contributed by atoms with Crippen LogP contribution in [-0.4, -0.2) is 0 Å². The van der Waals surface area contributed by atoms with Crippen molar-refractivity contribution >= 4 is 48.8 Å². The molecule has 0 aliphatic carbocycles. The average Bonchev–Trinajstić information content (AvgIpc) is 2.60. The molecule has 0 saturated carbocycles. The van der Waals surface area contributed by atoms with Crippen molar-refractivity contribution in [1.82, 2.24) is 0 Å². The number of hydrogen-bond donors (Lipinski definition) is 1. The van der Waals surface area contributed by atoms with E-state index in [1.165, 1.54) is 37.7 Å². The van der Waals surface area contributed by atoms with Gasteiger partial charge in [0.05, 0.1) is 0 Å². The summed E-state index contributed by atoms with van der Waals surface area (Å²) < 4.78 is 0. The molecule has 2 N–H and O–H groups in total. The Labute approximate surface area is 133 Å². The third-order valence-electron chi connectivity index (χ3n) is 4.76. The van der Waals surface area contributed by atoms with Crippen molar-refractivity contribution in [2.24, 2.45) is 0 Å². The van der Waals surface area contributed by atoms with Crippen LogP contribution in [0.25, 0.3) is 43.1 Å². The Morgan fingerprint density at radius 2 is 1.00 bits per heavy atom. The number of anilines is 1. The Morgan fingerprint density at radius 3 is 1.74 bits per heavy atom. The minimum absolute atomic E-state index is 0.841. The first-order valence-corrected chi connectivity index (χ1v) is 7.84. The molecule has 0 aliphatic heterocycles. The molecule has 0 aliphatic rings. The molecular formula is C22H15N. The van der Waals surface area contributed by atoms with Gasteiger partial charge in [0.2, 0.25) is 0 Å². The van der Waals surface area contributed by atoms with Crippen LogP contribution in [0.3, 0.4) is 0 Å². The maximum absolute atomic E-state index is 6.33. The van der Waals surface area contributed by atoms with Crippen molar-refractivity contribution in [2.45, 2.75) is 0 Å². The van der Waals surface area contributed by atoms with Gasteiger partial charge in [-0.25, -0.2) is 0 Å². The maximum Gasteiger partial charge on any atom is 0.0400 e. The van der Waals surface area contributed by atoms with E-state index < -0.39 is 0 Å². The molecule has 0 amide bonds. The van der Waals surface area contributed by atoms with Gasteiger partial charge in [-0.3, -0.25) is 0 Å². The summed E-state index contributed by atoms with van der Waals surface area (Å²) in [7, 11) is 0. The van der Waals surface area contributed by atoms with E-state index in [0.29, 0.717) is 0 Å². The summed E-state index contributed by atoms with van der Waals surface area (Å²) in [5.74, 6) is 0. The van der Waals surface area contributed by atoms with Crippen LogP contribution in [0.5, 0.6) is 0 Å². The molecule has 0 saturated heterocycles. The van der Waals surface area contributed by atoms with Gasteiger partial charge >= 0.3 is 0 Å². The van der Waals surface area contributed by atoms with Crippen molar-refractivity contribution in [3.63, 3.8) is 0 Å². The number of fused-ring (bicyclic) bond motifs is 7. The summed E-state index contributed by atoms with van der Waals surface area (Å²) in [5.41, 5.74) is 7.17. The molecule has 5 aromatic carbocycles. The largest absolute Gasteiger partial charge is 0.398 e. The van der Waals surface area contributed by atoms with E-state index in [0.717, 1.165) is 11.1 Å². The Kier molecular flexibility index (Phi) is 2.42. The molecule has 0 spiro atoms. The fourth-order valence-corrected chi connectivity index (χ4v) is 3.72. The second-order valence-electron chi connectivity index (χ2n) is 6.06. The molecule has 0 heterocycles. The molecule has 0 aromatic heterocycles. The van der Waals surface area contributed by atoms with Crippen LogP contribution >= 0.6 is 0 Å². The quantitative estimate of drug-likeness (QED) is 0.215. The summed E-state index contributed by atoms with van der Waals surface area (Å²) in [6.45, 7) is 0. The van der Waals surface area contributed by atoms with Gasteiger partial charge in [0, 0.05) is 11.1 Å². The topological polar surface area (TPSA) is 26.0 Å². The lowest BCUT2D eigenvalue weighted by molar-refractivity contribution is 1.76. The van der Waals surface area contributed by atoms with E-state index in [1.807, 2.05) is 12.1 Å². The number of benzene rings is 5. The Morgan fingerprint density at radius 1 is 0.478 bits per heavy atom. The number of nitrogens with two attached hydrogens (primary N) is 1. The molecular weight excluding hydrogens is 278 g/mol. The lowest BCUT2D eigenvalue weighted by atomic mass is 9.92. The summed E-state index contributed by atoms with van der Waals surface area (Å²) >= 11 is 0. The van der Waals surface area contributed by atoms with Crippen LogP contribution in [0.4, 0.5) is 5.69 Å². The monoisotopic (exact) mass is 293 g/mol. The minimum atomic E-state index is 0.841. The number of hydrogen-bond acceptors (Lipinski definition) is 1. The standard InChI is InChI=1S/C22H15N/c23-21-11-5-10-18-20-13-15-7-2-1-6-14(15)12-19(20)16-8-3-4-9-17(16)22(18)21/h1-13H,23H2. The molecule has 0 bridgehead atoms. The second-order valence-corrected chi connectivity index (χ2v) is 6.06. The highest BCUT2D eigenvalue weighted by Crippen LogP contribution is 2.39. The zero-order valence-electron chi connectivity index (χ0n) is 12.6. The third kappa shape index (κ3) is 1.68. The van der Waals surface area contributed by atoms with Crippen molar-refractivity contribution in [1.29, 1.82) is 0 Å². The number of nitrogen functional groups attached to an aromatic ring is 1. The zero-order chi connectivity index (χ0) is 15.4. The summed E-state index contributed by atoms with van der Waals surface area (Å²) in [6.07, 6.45) is 0. The van der Waals surface area contributed by atoms with E-state index in [4.69, 9.17) is 5.73 Å². The van der Waals surface area contributed by atoms with Crippen LogP contribution < -0.4 is 5.73 Å². The predicted octanol–water partition coefficient (Wildman–Crippen LogP) is 5.88. The molecule has 1 nitrogen and oxygen atoms in total. The molecule has 108 valence electrons. The molecule has 0 fully saturated rings. The smallest absolute Gasteiger partial charge is 0.0400 e. The number of rotatable bonds is 0. The average molecular weight is 293 g/mol. The normalized spacial score (nSPS) is 11.7. The van der Waals surface area contributed by atoms with Gasteiger partial charge in [0.25, 0.3) is 0 Å². The van der Waals surface area contributed by atoms with E-state index in [-0.39, 0.29) is 0 Å². The van der Waals surface area contributed by atoms with Gasteiger partial charge in [-0.05, 0) is 55.9 Å². The van der Waals surface area contributed by atoms with Crippen molar-refractivity contribution in [3.8, 4) is 0 Å². The summed E-state index contributed by atoms with van der Waals surface area (Å²) in [4.78, 5) is 0. The van der Waals surface area contributed by atoms with Crippen LogP contribution in [0.1, 0.15) is 0 Å². The van der Waals surface area contributed by atoms with Gasteiger partial charge in [-0.15, -0.1) is 0 Å². The van der Waals surface area contributed by atoms with E-state index in [9.17, 15) is 0 Å². The summed E-state index contributed by atoms with van der Waals surface area (Å²) in [6, 6.07) is 27.9. The molecule has 23 heavy (non-hydrogen) atoms. The molecule has 0 radical (unpaired) electrons. The first kappa shape index (κ1) is 12.5. The lowest BCUT2D eigenvalue weighted by Gasteiger charge is -2.13. The highest BCUT2D eigenvalue weighted by molar-refractivity contribution is 6.29. The lowest BCUT2D eigenvalue weighted by Crippen LogP contribution is -1.90. The highest BCUT2D eigenvalue weighted by Gasteiger charge is 2.10. The molecule has 5 rings (SSSR count). The van der Waals surface area contributed by atoms with Gasteiger partial charge in [-0.2, -0.15) is 0 Å². The van der Waals surface area contributed by atoms with Gasteiger partial charge < -0.3 is 5.73 Å². The minimum Gasteiger partial charge on any atom is -0.398 e. The van der Waals surface area contributed by atoms with E-state index in [2.05, 4.69) is 66.7 Å². The first-order chi connectivity index (χ1) is 11.3. The van der Waals surface area contributed by atoms with Gasteiger partial charge in [-0.1, -0.05) is 60.7 Å². The van der Waals surface area contributed by atoms with Crippen molar-refractivity contribution in [2.75, 3.05) is 5.73 Å². The molecule has 1 heteroatoms. The SMILES string of the molecule is Nc1cccc2c3cc4ccccc4cc3c3ccccc3c12. The third-order valence-corrected chi connectivity index (χ3v) is 4.76. The molecule has 0 atom stereocenters. The Bertz CT molecular complexity index is 1220. The maximum atomic E-state index is 6.33. The van der Waals surface area contributed by atoms with Gasteiger partial charge in [0.15, 0.2) is 0 Å². The summed E-state index contributed by atoms with van der Waals surface area (Å²) in [5, 5.41) is 9.96. The predicted molar refractivity (Wildman–Crippen MR) is 101 cm³/mol. The Hall–Kier alpha value is -3.06. The van der Waals surface area contributed by atoms with E-state index in [1.54, 1.807) is 0 Å². The fourth-order valence-electron chi connectivity index (χ4n) is 3.72. The first-order valence-electron chi connectivity index (χ1n) is 7.84. The van der Waals surface area contributed by atoms with Crippen LogP contribution in [0.2, 0.25) is 0 Å². The van der Waals surface area contributed by atoms with Crippen LogP contribution in [0.15, 0.2) is 78.9 Å². The Balaban J connectivity index is 2.18.